The summed E-state index contributed by atoms with van der Waals surface area (Å²) in [7, 11) is 0. The predicted molar refractivity (Wildman–Crippen MR) is 39.7 cm³/mol. The highest BCUT2D eigenvalue weighted by Crippen LogP contribution is 2.15. The fourth-order valence-corrected chi connectivity index (χ4v) is 1.05. The van der Waals surface area contributed by atoms with Crippen molar-refractivity contribution < 1.29 is 5.21 Å². The Morgan fingerprint density at radius 1 is 1.45 bits per heavy atom. The molecule has 1 aromatic carbocycles. The molecule has 0 amide bonds. The summed E-state index contributed by atoms with van der Waals surface area (Å²) in [5, 5.41) is 16.6. The lowest BCUT2D eigenvalue weighted by molar-refractivity contribution is 0.155. The average Bonchev–Trinajstić information content (AvgIpc) is 2.32. The summed E-state index contributed by atoms with van der Waals surface area (Å²) in [6.45, 7) is 0. The van der Waals surface area contributed by atoms with E-state index >= 15 is 0 Å². The zero-order valence-electron chi connectivity index (χ0n) is 5.40. The van der Waals surface area contributed by atoms with Crippen LogP contribution in [-0.2, 0) is 0 Å². The summed E-state index contributed by atoms with van der Waals surface area (Å²) in [6.07, 6.45) is 0. The van der Waals surface area contributed by atoms with Crippen LogP contribution in [0.5, 0.6) is 0 Å². The van der Waals surface area contributed by atoms with Gasteiger partial charge >= 0.3 is 0 Å². The highest BCUT2D eigenvalue weighted by atomic mass is 35.5. The van der Waals surface area contributed by atoms with Crippen molar-refractivity contribution in [2.45, 2.75) is 0 Å². The van der Waals surface area contributed by atoms with Crippen LogP contribution in [0.1, 0.15) is 0 Å². The second-order valence-electron chi connectivity index (χ2n) is 2.11. The first-order valence-electron chi connectivity index (χ1n) is 2.97. The van der Waals surface area contributed by atoms with Gasteiger partial charge in [0.1, 0.15) is 11.0 Å². The highest BCUT2D eigenvalue weighted by Gasteiger charge is 2.01. The van der Waals surface area contributed by atoms with Gasteiger partial charge in [0.25, 0.3) is 0 Å². The molecule has 0 saturated heterocycles. The lowest BCUT2D eigenvalue weighted by Crippen LogP contribution is -1.90. The number of hydrogen-bond donors (Lipinski definition) is 1. The van der Waals surface area contributed by atoms with E-state index in [1.54, 1.807) is 18.2 Å². The third kappa shape index (κ3) is 0.914. The van der Waals surface area contributed by atoms with Crippen molar-refractivity contribution in [3.8, 4) is 0 Å². The zero-order chi connectivity index (χ0) is 7.84. The van der Waals surface area contributed by atoms with E-state index in [0.29, 0.717) is 20.9 Å². The second-order valence-corrected chi connectivity index (χ2v) is 2.55. The Kier molecular flexibility index (Phi) is 1.22. The number of halogens is 1. The summed E-state index contributed by atoms with van der Waals surface area (Å²) >= 11 is 5.67. The van der Waals surface area contributed by atoms with Gasteiger partial charge in [-0.3, -0.25) is 0 Å². The molecule has 0 atom stereocenters. The minimum atomic E-state index is 0.550. The van der Waals surface area contributed by atoms with Crippen molar-refractivity contribution in [3.05, 3.63) is 23.2 Å². The molecule has 1 aromatic heterocycles. The van der Waals surface area contributed by atoms with Crippen LogP contribution < -0.4 is 0 Å². The van der Waals surface area contributed by atoms with Gasteiger partial charge in [0, 0.05) is 5.02 Å². The van der Waals surface area contributed by atoms with Crippen LogP contribution >= 0.6 is 11.6 Å². The minimum absolute atomic E-state index is 0.550. The Morgan fingerprint density at radius 2 is 2.27 bits per heavy atom. The molecule has 0 spiro atoms. The molecule has 2 aromatic rings. The molecule has 5 heteroatoms. The van der Waals surface area contributed by atoms with E-state index in [2.05, 4.69) is 10.3 Å². The smallest absolute Gasteiger partial charge is 0.130 e. The predicted octanol–water partition coefficient (Wildman–Crippen LogP) is 1.32. The molecule has 4 nitrogen and oxygen atoms in total. The van der Waals surface area contributed by atoms with Crippen molar-refractivity contribution in [1.29, 1.82) is 0 Å². The molecule has 56 valence electrons. The lowest BCUT2D eigenvalue weighted by atomic mass is 10.3. The van der Waals surface area contributed by atoms with Crippen molar-refractivity contribution in [1.82, 2.24) is 15.2 Å². The van der Waals surface area contributed by atoms with E-state index in [1.807, 2.05) is 0 Å². The lowest BCUT2D eigenvalue weighted by Gasteiger charge is -1.89. The van der Waals surface area contributed by atoms with Gasteiger partial charge in [-0.2, -0.15) is 0 Å². The van der Waals surface area contributed by atoms with Gasteiger partial charge in [-0.25, -0.2) is 0 Å². The van der Waals surface area contributed by atoms with Crippen LogP contribution in [0, 0.1) is 0 Å². The number of benzene rings is 1. The molecular formula is C6H4ClN3O. The van der Waals surface area contributed by atoms with Crippen LogP contribution in [0.3, 0.4) is 0 Å². The van der Waals surface area contributed by atoms with Crippen LogP contribution in [0.4, 0.5) is 0 Å². The largest absolute Gasteiger partial charge is 0.410 e. The van der Waals surface area contributed by atoms with Crippen molar-refractivity contribution >= 4 is 22.6 Å². The average molecular weight is 170 g/mol. The van der Waals surface area contributed by atoms with E-state index < -0.39 is 0 Å². The fourth-order valence-electron chi connectivity index (χ4n) is 0.885. The van der Waals surface area contributed by atoms with Crippen molar-refractivity contribution in [2.75, 3.05) is 0 Å². The Bertz CT molecular complexity index is 398. The van der Waals surface area contributed by atoms with E-state index in [1.165, 1.54) is 0 Å². The van der Waals surface area contributed by atoms with E-state index in [9.17, 15) is 0 Å². The van der Waals surface area contributed by atoms with Gasteiger partial charge in [0.2, 0.25) is 0 Å². The molecule has 0 fully saturated rings. The zero-order valence-corrected chi connectivity index (χ0v) is 6.15. The molecule has 0 aliphatic heterocycles. The maximum atomic E-state index is 9.00. The molecule has 1 N–H and O–H groups in total. The fraction of sp³-hybridized carbons (Fsp3) is 0. The molecule has 0 bridgehead atoms. The Hall–Kier alpha value is -1.29. The quantitative estimate of drug-likeness (QED) is 0.606. The first-order valence-corrected chi connectivity index (χ1v) is 3.35. The SMILES string of the molecule is On1nnc2cc(Cl)ccc21. The van der Waals surface area contributed by atoms with Crippen LogP contribution in [0.25, 0.3) is 11.0 Å². The molecule has 0 saturated carbocycles. The van der Waals surface area contributed by atoms with Gasteiger partial charge in [-0.15, -0.1) is 5.10 Å². The third-order valence-corrected chi connectivity index (χ3v) is 1.63. The van der Waals surface area contributed by atoms with Crippen molar-refractivity contribution in [2.24, 2.45) is 0 Å². The number of nitrogens with zero attached hydrogens (tertiary/aromatic N) is 3. The normalized spacial score (nSPS) is 10.6. The minimum Gasteiger partial charge on any atom is -0.410 e. The van der Waals surface area contributed by atoms with E-state index in [0.717, 1.165) is 0 Å². The molecule has 0 aliphatic rings. The van der Waals surface area contributed by atoms with Gasteiger partial charge in [0.05, 0.1) is 0 Å². The Balaban J connectivity index is 2.86. The van der Waals surface area contributed by atoms with Gasteiger partial charge in [0.15, 0.2) is 0 Å². The van der Waals surface area contributed by atoms with Gasteiger partial charge in [-0.05, 0) is 23.4 Å². The summed E-state index contributed by atoms with van der Waals surface area (Å²) in [4.78, 5) is 0.714. The highest BCUT2D eigenvalue weighted by molar-refractivity contribution is 6.31. The number of hydrogen-bond acceptors (Lipinski definition) is 3. The summed E-state index contributed by atoms with van der Waals surface area (Å²) in [5.74, 6) is 0. The number of rotatable bonds is 0. The van der Waals surface area contributed by atoms with Crippen molar-refractivity contribution in [3.63, 3.8) is 0 Å². The first-order chi connectivity index (χ1) is 5.27. The van der Waals surface area contributed by atoms with Crippen LogP contribution in [0.2, 0.25) is 5.02 Å². The molecule has 11 heavy (non-hydrogen) atoms. The molecule has 0 radical (unpaired) electrons. The molecule has 1 heterocycles. The maximum Gasteiger partial charge on any atom is 0.130 e. The Morgan fingerprint density at radius 3 is 3.09 bits per heavy atom. The topological polar surface area (TPSA) is 50.9 Å². The summed E-state index contributed by atoms with van der Waals surface area (Å²) < 4.78 is 0. The molecule has 0 aliphatic carbocycles. The molecule has 0 unspecified atom stereocenters. The van der Waals surface area contributed by atoms with E-state index in [4.69, 9.17) is 16.8 Å². The first kappa shape index (κ1) is 6.42. The Labute approximate surface area is 67.0 Å². The maximum absolute atomic E-state index is 9.00. The standard InChI is InChI=1S/C6H4ClN3O/c7-4-1-2-6-5(3-4)8-9-10(6)11/h1-3,11H. The van der Waals surface area contributed by atoms with E-state index in [-0.39, 0.29) is 0 Å². The van der Waals surface area contributed by atoms with Gasteiger partial charge in [-0.1, -0.05) is 16.4 Å². The summed E-state index contributed by atoms with van der Waals surface area (Å²) in [5.41, 5.74) is 1.13. The number of aromatic nitrogens is 3. The summed E-state index contributed by atoms with van der Waals surface area (Å²) in [6, 6.07) is 4.95. The number of fused-ring (bicyclic) bond motifs is 1. The second kappa shape index (κ2) is 2.10. The van der Waals surface area contributed by atoms with Crippen LogP contribution in [-0.4, -0.2) is 20.4 Å². The third-order valence-electron chi connectivity index (χ3n) is 1.39. The van der Waals surface area contributed by atoms with Crippen LogP contribution in [0.15, 0.2) is 18.2 Å². The van der Waals surface area contributed by atoms with Gasteiger partial charge < -0.3 is 5.21 Å². The molecular weight excluding hydrogens is 166 g/mol. The molecule has 2 rings (SSSR count). The monoisotopic (exact) mass is 169 g/mol.